The molecule has 1 aliphatic rings. The van der Waals surface area contributed by atoms with Crippen LogP contribution in [0.25, 0.3) is 0 Å². The van der Waals surface area contributed by atoms with Crippen LogP contribution in [-0.2, 0) is 24.8 Å². The van der Waals surface area contributed by atoms with Crippen molar-refractivity contribution in [3.05, 3.63) is 36.3 Å². The Bertz CT molecular complexity index is 780. The van der Waals surface area contributed by atoms with Gasteiger partial charge in [0.05, 0.1) is 12.9 Å². The van der Waals surface area contributed by atoms with E-state index >= 15 is 0 Å². The number of aryl methyl sites for hydroxylation is 1. The molecule has 0 bridgehead atoms. The normalized spacial score (nSPS) is 15.4. The minimum atomic E-state index is -0.237. The summed E-state index contributed by atoms with van der Waals surface area (Å²) in [6, 6.07) is 4.07. The number of aliphatic imine (C=N–C) groups is 1. The molecule has 10 heteroatoms. The minimum Gasteiger partial charge on any atom is -0.469 e. The molecule has 1 fully saturated rings. The SMILES string of the molecule is CCOC(=O)N1CCC(NC(=NCc2ncnn2C)NCCc2ccco2)CC1. The van der Waals surface area contributed by atoms with Gasteiger partial charge in [0.15, 0.2) is 5.96 Å². The first-order valence-corrected chi connectivity index (χ1v) is 9.97. The Balaban J connectivity index is 1.54. The molecule has 10 nitrogen and oxygen atoms in total. The number of nitrogens with zero attached hydrogens (tertiary/aromatic N) is 5. The molecule has 0 aromatic carbocycles. The van der Waals surface area contributed by atoms with Crippen molar-refractivity contribution in [3.8, 4) is 0 Å². The van der Waals surface area contributed by atoms with Crippen molar-refractivity contribution in [2.45, 2.75) is 38.8 Å². The molecule has 2 aromatic rings. The number of rotatable bonds is 7. The molecule has 1 amide bonds. The van der Waals surface area contributed by atoms with Crippen LogP contribution in [0.2, 0.25) is 0 Å². The second kappa shape index (κ2) is 10.5. The van der Waals surface area contributed by atoms with Gasteiger partial charge in [-0.05, 0) is 31.9 Å². The zero-order valence-electron chi connectivity index (χ0n) is 17.0. The molecule has 3 heterocycles. The lowest BCUT2D eigenvalue weighted by Gasteiger charge is -2.32. The highest BCUT2D eigenvalue weighted by atomic mass is 16.6. The fraction of sp³-hybridized carbons (Fsp3) is 0.579. The van der Waals surface area contributed by atoms with E-state index < -0.39 is 0 Å². The van der Waals surface area contributed by atoms with E-state index in [2.05, 4.69) is 25.7 Å². The molecule has 0 aliphatic carbocycles. The number of carbonyl (C=O) groups is 1. The maximum absolute atomic E-state index is 11.9. The van der Waals surface area contributed by atoms with Crippen molar-refractivity contribution in [2.24, 2.45) is 12.0 Å². The standard InChI is InChI=1S/C19H29N7O3/c1-3-28-19(27)26-10-7-15(8-11-26)24-18(20-9-6-16-5-4-12-29-16)21-13-17-22-14-23-25(17)2/h4-5,12,14-15H,3,6-11,13H2,1-2H3,(H2,20,21,24). The number of furan rings is 1. The summed E-state index contributed by atoms with van der Waals surface area (Å²) in [6.07, 6.45) is 5.39. The largest absolute Gasteiger partial charge is 0.469 e. The van der Waals surface area contributed by atoms with Crippen molar-refractivity contribution in [1.82, 2.24) is 30.3 Å². The summed E-state index contributed by atoms with van der Waals surface area (Å²) in [5.41, 5.74) is 0. The van der Waals surface area contributed by atoms with Crippen LogP contribution in [0.3, 0.4) is 0 Å². The summed E-state index contributed by atoms with van der Waals surface area (Å²) in [5.74, 6) is 2.43. The molecule has 0 radical (unpaired) electrons. The molecule has 3 rings (SSSR count). The first-order valence-electron chi connectivity index (χ1n) is 9.97. The first kappa shape index (κ1) is 20.7. The third-order valence-electron chi connectivity index (χ3n) is 4.79. The van der Waals surface area contributed by atoms with Crippen molar-refractivity contribution in [3.63, 3.8) is 0 Å². The third kappa shape index (κ3) is 6.23. The molecule has 1 saturated heterocycles. The molecule has 158 valence electrons. The van der Waals surface area contributed by atoms with Crippen molar-refractivity contribution in [2.75, 3.05) is 26.2 Å². The predicted octanol–water partition coefficient (Wildman–Crippen LogP) is 1.31. The van der Waals surface area contributed by atoms with E-state index in [4.69, 9.17) is 9.15 Å². The Labute approximate surface area is 170 Å². The summed E-state index contributed by atoms with van der Waals surface area (Å²) in [5, 5.41) is 10.9. The molecule has 2 aromatic heterocycles. The average molecular weight is 403 g/mol. The smallest absolute Gasteiger partial charge is 0.409 e. The number of carbonyl (C=O) groups excluding carboxylic acids is 1. The molecule has 0 saturated carbocycles. The molecular weight excluding hydrogens is 374 g/mol. The van der Waals surface area contributed by atoms with Gasteiger partial charge in [-0.1, -0.05) is 0 Å². The van der Waals surface area contributed by atoms with Gasteiger partial charge < -0.3 is 24.7 Å². The van der Waals surface area contributed by atoms with Gasteiger partial charge in [-0.15, -0.1) is 0 Å². The Morgan fingerprint density at radius 1 is 1.41 bits per heavy atom. The number of hydrogen-bond acceptors (Lipinski definition) is 6. The van der Waals surface area contributed by atoms with Crippen LogP contribution >= 0.6 is 0 Å². The van der Waals surface area contributed by atoms with Gasteiger partial charge in [-0.25, -0.2) is 14.8 Å². The summed E-state index contributed by atoms with van der Waals surface area (Å²) in [7, 11) is 1.85. The number of likely N-dealkylation sites (tertiary alicyclic amines) is 1. The average Bonchev–Trinajstić information content (AvgIpc) is 3.38. The van der Waals surface area contributed by atoms with Crippen LogP contribution < -0.4 is 10.6 Å². The number of guanidine groups is 1. The molecule has 0 spiro atoms. The maximum atomic E-state index is 11.9. The Hall–Kier alpha value is -3.04. The summed E-state index contributed by atoms with van der Waals surface area (Å²) >= 11 is 0. The molecule has 1 aliphatic heterocycles. The van der Waals surface area contributed by atoms with Gasteiger partial charge in [0.1, 0.15) is 24.5 Å². The fourth-order valence-electron chi connectivity index (χ4n) is 3.14. The first-order chi connectivity index (χ1) is 14.2. The highest BCUT2D eigenvalue weighted by Gasteiger charge is 2.24. The van der Waals surface area contributed by atoms with Crippen molar-refractivity contribution >= 4 is 12.1 Å². The van der Waals surface area contributed by atoms with Crippen LogP contribution in [0.1, 0.15) is 31.4 Å². The lowest BCUT2D eigenvalue weighted by Crippen LogP contribution is -2.50. The van der Waals surface area contributed by atoms with Gasteiger partial charge in [0.25, 0.3) is 0 Å². The van der Waals surface area contributed by atoms with Crippen LogP contribution in [0, 0.1) is 0 Å². The van der Waals surface area contributed by atoms with E-state index in [-0.39, 0.29) is 12.1 Å². The molecule has 0 unspecified atom stereocenters. The number of nitrogens with one attached hydrogen (secondary N) is 2. The van der Waals surface area contributed by atoms with Crippen molar-refractivity contribution in [1.29, 1.82) is 0 Å². The second-order valence-electron chi connectivity index (χ2n) is 6.83. The van der Waals surface area contributed by atoms with Gasteiger partial charge in [-0.2, -0.15) is 5.10 Å². The van der Waals surface area contributed by atoms with Crippen LogP contribution in [-0.4, -0.2) is 64.0 Å². The van der Waals surface area contributed by atoms with Gasteiger partial charge in [0.2, 0.25) is 0 Å². The zero-order chi connectivity index (χ0) is 20.5. The van der Waals surface area contributed by atoms with E-state index in [1.807, 2.05) is 26.1 Å². The molecule has 0 atom stereocenters. The Morgan fingerprint density at radius 3 is 2.90 bits per heavy atom. The van der Waals surface area contributed by atoms with E-state index in [9.17, 15) is 4.79 Å². The van der Waals surface area contributed by atoms with Gasteiger partial charge >= 0.3 is 6.09 Å². The zero-order valence-corrected chi connectivity index (χ0v) is 17.0. The predicted molar refractivity (Wildman–Crippen MR) is 107 cm³/mol. The molecular formula is C19H29N7O3. The molecule has 2 N–H and O–H groups in total. The highest BCUT2D eigenvalue weighted by Crippen LogP contribution is 2.11. The van der Waals surface area contributed by atoms with Crippen LogP contribution in [0.4, 0.5) is 4.79 Å². The maximum Gasteiger partial charge on any atom is 0.409 e. The molecule has 29 heavy (non-hydrogen) atoms. The number of ether oxygens (including phenoxy) is 1. The van der Waals surface area contributed by atoms with Crippen LogP contribution in [0.15, 0.2) is 34.1 Å². The number of hydrogen-bond donors (Lipinski definition) is 2. The van der Waals surface area contributed by atoms with E-state index in [1.165, 1.54) is 6.33 Å². The summed E-state index contributed by atoms with van der Waals surface area (Å²) in [4.78, 5) is 22.5. The quantitative estimate of drug-likeness (QED) is 0.530. The minimum absolute atomic E-state index is 0.232. The highest BCUT2D eigenvalue weighted by molar-refractivity contribution is 5.80. The summed E-state index contributed by atoms with van der Waals surface area (Å²) in [6.45, 7) is 4.67. The lowest BCUT2D eigenvalue weighted by molar-refractivity contribution is 0.0963. The number of amides is 1. The van der Waals surface area contributed by atoms with Gasteiger partial charge in [0, 0.05) is 39.1 Å². The van der Waals surface area contributed by atoms with E-state index in [1.54, 1.807) is 15.8 Å². The van der Waals surface area contributed by atoms with Crippen LogP contribution in [0.5, 0.6) is 0 Å². The topological polar surface area (TPSA) is 110 Å². The number of piperidine rings is 1. The fourth-order valence-corrected chi connectivity index (χ4v) is 3.14. The second-order valence-corrected chi connectivity index (χ2v) is 6.83. The third-order valence-corrected chi connectivity index (χ3v) is 4.79. The monoisotopic (exact) mass is 403 g/mol. The van der Waals surface area contributed by atoms with Crippen molar-refractivity contribution < 1.29 is 13.9 Å². The van der Waals surface area contributed by atoms with E-state index in [0.717, 1.165) is 30.8 Å². The number of aromatic nitrogens is 3. The van der Waals surface area contributed by atoms with E-state index in [0.29, 0.717) is 38.7 Å². The summed E-state index contributed by atoms with van der Waals surface area (Å²) < 4.78 is 12.2. The lowest BCUT2D eigenvalue weighted by atomic mass is 10.1. The van der Waals surface area contributed by atoms with Gasteiger partial charge in [-0.3, -0.25) is 4.68 Å². The Kier molecular flexibility index (Phi) is 7.48. The Morgan fingerprint density at radius 2 is 2.24 bits per heavy atom.